The summed E-state index contributed by atoms with van der Waals surface area (Å²) < 4.78 is 4.49. The maximum absolute atomic E-state index is 10.1. The van der Waals surface area contributed by atoms with Crippen molar-refractivity contribution in [3.63, 3.8) is 0 Å². The van der Waals surface area contributed by atoms with Gasteiger partial charge in [0.25, 0.3) is 6.47 Å². The molecule has 0 heterocycles. The van der Waals surface area contributed by atoms with Crippen LogP contribution < -0.4 is 0 Å². The molecule has 1 aromatic carbocycles. The molecule has 0 aliphatic heterocycles. The first-order valence-electron chi connectivity index (χ1n) is 3.67. The zero-order valence-corrected chi connectivity index (χ0v) is 7.78. The third kappa shape index (κ3) is 2.20. The summed E-state index contributed by atoms with van der Waals surface area (Å²) in [4.78, 5) is 10.1. The Morgan fingerprint density at radius 1 is 1.54 bits per heavy atom. The molecule has 1 atom stereocenters. The molecule has 70 valence electrons. The van der Waals surface area contributed by atoms with Crippen LogP contribution in [0.15, 0.2) is 24.3 Å². The largest absolute Gasteiger partial charge is 0.431 e. The normalized spacial score (nSPS) is 14.7. The fourth-order valence-electron chi connectivity index (χ4n) is 0.995. The zero-order valence-electron chi connectivity index (χ0n) is 7.03. The summed E-state index contributed by atoms with van der Waals surface area (Å²) in [5.74, 6) is -1.67. The molecule has 3 nitrogen and oxygen atoms in total. The molecule has 0 spiro atoms. The molecule has 0 saturated heterocycles. The lowest BCUT2D eigenvalue weighted by atomic mass is 10.1. The Balaban J connectivity index is 3.06. The monoisotopic (exact) mass is 200 g/mol. The van der Waals surface area contributed by atoms with Gasteiger partial charge in [-0.2, -0.15) is 0 Å². The first-order chi connectivity index (χ1) is 6.08. The molecule has 0 radical (unpaired) electrons. The minimum absolute atomic E-state index is 0.184. The Labute approximate surface area is 80.9 Å². The van der Waals surface area contributed by atoms with E-state index in [-0.39, 0.29) is 6.47 Å². The number of ether oxygens (including phenoxy) is 1. The highest BCUT2D eigenvalue weighted by atomic mass is 35.5. The Bertz CT molecular complexity index is 309. The van der Waals surface area contributed by atoms with Gasteiger partial charge < -0.3 is 9.84 Å². The van der Waals surface area contributed by atoms with Crippen molar-refractivity contribution < 1.29 is 14.6 Å². The summed E-state index contributed by atoms with van der Waals surface area (Å²) in [6.45, 7) is 1.53. The molecule has 0 fully saturated rings. The third-order valence-electron chi connectivity index (χ3n) is 1.65. The van der Waals surface area contributed by atoms with Crippen LogP contribution in [-0.2, 0) is 15.3 Å². The fraction of sp³-hybridized carbons (Fsp3) is 0.222. The van der Waals surface area contributed by atoms with E-state index in [1.807, 2.05) is 0 Å². The van der Waals surface area contributed by atoms with Crippen molar-refractivity contribution >= 4 is 18.1 Å². The Morgan fingerprint density at radius 3 is 2.69 bits per heavy atom. The summed E-state index contributed by atoms with van der Waals surface area (Å²) >= 11 is 5.79. The van der Waals surface area contributed by atoms with Gasteiger partial charge in [-0.05, 0) is 6.07 Å². The van der Waals surface area contributed by atoms with E-state index in [0.717, 1.165) is 0 Å². The summed E-state index contributed by atoms with van der Waals surface area (Å²) in [5, 5.41) is 9.98. The first kappa shape index (κ1) is 10.0. The molecule has 0 saturated carbocycles. The lowest BCUT2D eigenvalue weighted by Crippen LogP contribution is -2.24. The molecule has 1 rings (SSSR count). The van der Waals surface area contributed by atoms with E-state index in [4.69, 9.17) is 11.6 Å². The van der Waals surface area contributed by atoms with Gasteiger partial charge in [-0.3, -0.25) is 4.79 Å². The smallest absolute Gasteiger partial charge is 0.295 e. The van der Waals surface area contributed by atoms with Gasteiger partial charge in [0.1, 0.15) is 0 Å². The third-order valence-corrected chi connectivity index (χ3v) is 1.98. The topological polar surface area (TPSA) is 46.5 Å². The highest BCUT2D eigenvalue weighted by molar-refractivity contribution is 6.31. The zero-order chi connectivity index (χ0) is 9.90. The fourth-order valence-corrected chi connectivity index (χ4v) is 1.31. The molecule has 1 unspecified atom stereocenters. The van der Waals surface area contributed by atoms with E-state index in [1.165, 1.54) is 6.92 Å². The van der Waals surface area contributed by atoms with E-state index in [0.29, 0.717) is 10.6 Å². The number of hydrogen-bond acceptors (Lipinski definition) is 3. The van der Waals surface area contributed by atoms with Crippen LogP contribution in [0.5, 0.6) is 0 Å². The van der Waals surface area contributed by atoms with E-state index in [9.17, 15) is 9.90 Å². The van der Waals surface area contributed by atoms with Crippen molar-refractivity contribution in [2.75, 3.05) is 0 Å². The van der Waals surface area contributed by atoms with Crippen LogP contribution in [0.1, 0.15) is 12.5 Å². The van der Waals surface area contributed by atoms with Crippen molar-refractivity contribution in [2.24, 2.45) is 0 Å². The number of benzene rings is 1. The number of hydrogen-bond donors (Lipinski definition) is 1. The van der Waals surface area contributed by atoms with Crippen LogP contribution in [0.3, 0.4) is 0 Å². The van der Waals surface area contributed by atoms with Gasteiger partial charge in [0, 0.05) is 12.5 Å². The van der Waals surface area contributed by atoms with E-state index in [1.54, 1.807) is 24.3 Å². The standard InChI is InChI=1S/C9H9ClO3/c1-9(12,13-6-11)7-4-2-3-5-8(7)10/h2-6,12H,1H3. The molecule has 4 heteroatoms. The summed E-state index contributed by atoms with van der Waals surface area (Å²) in [5.41, 5.74) is 0.365. The van der Waals surface area contributed by atoms with Gasteiger partial charge in [0.2, 0.25) is 5.79 Å². The Hall–Kier alpha value is -1.06. The number of aliphatic hydroxyl groups is 1. The average Bonchev–Trinajstić information content (AvgIpc) is 2.04. The van der Waals surface area contributed by atoms with Crippen LogP contribution in [0.25, 0.3) is 0 Å². The van der Waals surface area contributed by atoms with Crippen LogP contribution >= 0.6 is 11.6 Å². The molecule has 0 amide bonds. The minimum atomic E-state index is -1.67. The molecule has 0 aliphatic carbocycles. The van der Waals surface area contributed by atoms with Crippen molar-refractivity contribution in [3.05, 3.63) is 34.9 Å². The molecule has 0 aliphatic rings. The van der Waals surface area contributed by atoms with Crippen molar-refractivity contribution in [1.82, 2.24) is 0 Å². The van der Waals surface area contributed by atoms with Gasteiger partial charge in [-0.1, -0.05) is 29.8 Å². The van der Waals surface area contributed by atoms with Crippen molar-refractivity contribution in [3.8, 4) is 0 Å². The highest BCUT2D eigenvalue weighted by Crippen LogP contribution is 2.27. The molecule has 1 aromatic rings. The molecule has 0 bridgehead atoms. The van der Waals surface area contributed by atoms with Crippen LogP contribution in [0, 0.1) is 0 Å². The molecule has 0 aromatic heterocycles. The molecular formula is C9H9ClO3. The second-order valence-corrected chi connectivity index (χ2v) is 3.08. The van der Waals surface area contributed by atoms with Crippen molar-refractivity contribution in [2.45, 2.75) is 12.7 Å². The number of carbonyl (C=O) groups is 1. The Kier molecular flexibility index (Phi) is 2.90. The van der Waals surface area contributed by atoms with Gasteiger partial charge in [0.15, 0.2) is 0 Å². The van der Waals surface area contributed by atoms with Gasteiger partial charge >= 0.3 is 0 Å². The molecule has 13 heavy (non-hydrogen) atoms. The van der Waals surface area contributed by atoms with Crippen LogP contribution in [-0.4, -0.2) is 11.6 Å². The average molecular weight is 201 g/mol. The first-order valence-corrected chi connectivity index (χ1v) is 4.04. The number of halogens is 1. The van der Waals surface area contributed by atoms with E-state index < -0.39 is 5.79 Å². The summed E-state index contributed by atoms with van der Waals surface area (Å²) in [6.07, 6.45) is 0. The van der Waals surface area contributed by atoms with Gasteiger partial charge in [-0.25, -0.2) is 0 Å². The second-order valence-electron chi connectivity index (χ2n) is 2.68. The SMILES string of the molecule is CC(O)(OC=O)c1ccccc1Cl. The van der Waals surface area contributed by atoms with Crippen LogP contribution in [0.4, 0.5) is 0 Å². The van der Waals surface area contributed by atoms with E-state index in [2.05, 4.69) is 4.74 Å². The van der Waals surface area contributed by atoms with Crippen LogP contribution in [0.2, 0.25) is 5.02 Å². The number of carbonyl (C=O) groups excluding carboxylic acids is 1. The van der Waals surface area contributed by atoms with Gasteiger partial charge in [-0.15, -0.1) is 0 Å². The lowest BCUT2D eigenvalue weighted by Gasteiger charge is -2.21. The summed E-state index contributed by atoms with van der Waals surface area (Å²) in [6, 6.07) is 6.62. The maximum atomic E-state index is 10.1. The predicted octanol–water partition coefficient (Wildman–Crippen LogP) is 1.68. The summed E-state index contributed by atoms with van der Waals surface area (Å²) in [7, 11) is 0. The number of rotatable bonds is 3. The lowest BCUT2D eigenvalue weighted by molar-refractivity contribution is -0.192. The van der Waals surface area contributed by atoms with E-state index >= 15 is 0 Å². The molecular weight excluding hydrogens is 192 g/mol. The minimum Gasteiger partial charge on any atom is -0.431 e. The van der Waals surface area contributed by atoms with Gasteiger partial charge in [0.05, 0.1) is 5.02 Å². The quantitative estimate of drug-likeness (QED) is 0.597. The second kappa shape index (κ2) is 3.77. The molecule has 1 N–H and O–H groups in total. The van der Waals surface area contributed by atoms with Crippen molar-refractivity contribution in [1.29, 1.82) is 0 Å². The highest BCUT2D eigenvalue weighted by Gasteiger charge is 2.26. The Morgan fingerprint density at radius 2 is 2.15 bits per heavy atom. The predicted molar refractivity (Wildman–Crippen MR) is 48.2 cm³/mol. The maximum Gasteiger partial charge on any atom is 0.295 e.